The van der Waals surface area contributed by atoms with Crippen molar-refractivity contribution in [1.29, 1.82) is 0 Å². The molecular formula is C18H20F3NO5S. The summed E-state index contributed by atoms with van der Waals surface area (Å²) < 4.78 is 78.3. The van der Waals surface area contributed by atoms with E-state index in [-0.39, 0.29) is 18.0 Å². The standard InChI is InChI=1S/C18H20F3NO5S/c1-4-22(12-13-8-9-16(25-2)17(10-13)26-3)28(23,24)15-7-5-6-14(11-15)27-18(19,20)21/h5-11H,4,12H2,1-3H3. The monoisotopic (exact) mass is 419 g/mol. The first-order valence-electron chi connectivity index (χ1n) is 8.17. The molecule has 10 heteroatoms. The zero-order valence-electron chi connectivity index (χ0n) is 15.5. The topological polar surface area (TPSA) is 65.1 Å². The van der Waals surface area contributed by atoms with Gasteiger partial charge in [-0.3, -0.25) is 0 Å². The maximum atomic E-state index is 12.9. The van der Waals surface area contributed by atoms with Crippen LogP contribution in [0.5, 0.6) is 17.2 Å². The second kappa shape index (κ2) is 8.70. The van der Waals surface area contributed by atoms with Crippen LogP contribution in [0.3, 0.4) is 0 Å². The zero-order valence-corrected chi connectivity index (χ0v) is 16.3. The number of halogens is 3. The highest BCUT2D eigenvalue weighted by Crippen LogP contribution is 2.30. The van der Waals surface area contributed by atoms with E-state index in [9.17, 15) is 21.6 Å². The fourth-order valence-electron chi connectivity index (χ4n) is 2.53. The van der Waals surface area contributed by atoms with Gasteiger partial charge in [-0.15, -0.1) is 13.2 Å². The molecule has 0 saturated heterocycles. The zero-order chi connectivity index (χ0) is 20.9. The van der Waals surface area contributed by atoms with Gasteiger partial charge in [-0.1, -0.05) is 19.1 Å². The molecule has 0 unspecified atom stereocenters. The summed E-state index contributed by atoms with van der Waals surface area (Å²) in [5.74, 6) is 0.332. The minimum absolute atomic E-state index is 0.00352. The van der Waals surface area contributed by atoms with Crippen LogP contribution in [-0.4, -0.2) is 39.8 Å². The van der Waals surface area contributed by atoms with E-state index in [4.69, 9.17) is 9.47 Å². The van der Waals surface area contributed by atoms with Gasteiger partial charge >= 0.3 is 6.36 Å². The highest BCUT2D eigenvalue weighted by Gasteiger charge is 2.32. The van der Waals surface area contributed by atoms with E-state index in [0.29, 0.717) is 17.1 Å². The van der Waals surface area contributed by atoms with Crippen LogP contribution in [0, 0.1) is 0 Å². The molecule has 0 aromatic heterocycles. The average Bonchev–Trinajstić information content (AvgIpc) is 2.64. The lowest BCUT2D eigenvalue weighted by Gasteiger charge is -2.21. The lowest BCUT2D eigenvalue weighted by Crippen LogP contribution is -2.30. The normalized spacial score (nSPS) is 12.1. The maximum absolute atomic E-state index is 12.9. The number of nitrogens with zero attached hydrogens (tertiary/aromatic N) is 1. The van der Waals surface area contributed by atoms with Gasteiger partial charge < -0.3 is 14.2 Å². The summed E-state index contributed by atoms with van der Waals surface area (Å²) in [6.07, 6.45) is -4.91. The number of ether oxygens (including phenoxy) is 3. The van der Waals surface area contributed by atoms with Crippen LogP contribution in [0.4, 0.5) is 13.2 Å². The number of rotatable bonds is 8. The Morgan fingerprint density at radius 2 is 1.68 bits per heavy atom. The molecule has 0 fully saturated rings. The number of hydrogen-bond donors (Lipinski definition) is 0. The van der Waals surface area contributed by atoms with Gasteiger partial charge in [-0.05, 0) is 29.8 Å². The second-order valence-corrected chi connectivity index (χ2v) is 7.58. The van der Waals surface area contributed by atoms with Crippen LogP contribution in [0.2, 0.25) is 0 Å². The Bertz CT molecular complexity index is 916. The van der Waals surface area contributed by atoms with Crippen LogP contribution >= 0.6 is 0 Å². The van der Waals surface area contributed by atoms with Crippen LogP contribution in [0.1, 0.15) is 12.5 Å². The Labute approximate surface area is 161 Å². The van der Waals surface area contributed by atoms with Gasteiger partial charge in [0.05, 0.1) is 19.1 Å². The van der Waals surface area contributed by atoms with Crippen molar-refractivity contribution in [3.63, 3.8) is 0 Å². The lowest BCUT2D eigenvalue weighted by molar-refractivity contribution is -0.274. The van der Waals surface area contributed by atoms with Crippen LogP contribution in [0.25, 0.3) is 0 Å². The summed E-state index contributed by atoms with van der Waals surface area (Å²) in [5.41, 5.74) is 0.630. The fraction of sp³-hybridized carbons (Fsp3) is 0.333. The summed E-state index contributed by atoms with van der Waals surface area (Å²) in [4.78, 5) is -0.295. The van der Waals surface area contributed by atoms with E-state index in [1.165, 1.54) is 26.4 Å². The molecule has 28 heavy (non-hydrogen) atoms. The van der Waals surface area contributed by atoms with Crippen molar-refractivity contribution in [3.8, 4) is 17.2 Å². The van der Waals surface area contributed by atoms with Gasteiger partial charge in [-0.25, -0.2) is 8.42 Å². The van der Waals surface area contributed by atoms with E-state index in [1.54, 1.807) is 25.1 Å². The number of sulfonamides is 1. The first-order chi connectivity index (χ1) is 13.1. The Kier molecular flexibility index (Phi) is 6.78. The number of hydrogen-bond acceptors (Lipinski definition) is 5. The van der Waals surface area contributed by atoms with Gasteiger partial charge in [0.15, 0.2) is 11.5 Å². The molecule has 0 aliphatic carbocycles. The molecule has 0 heterocycles. The molecule has 0 spiro atoms. The molecule has 0 bridgehead atoms. The largest absolute Gasteiger partial charge is 0.573 e. The minimum atomic E-state index is -4.91. The lowest BCUT2D eigenvalue weighted by atomic mass is 10.2. The Morgan fingerprint density at radius 1 is 1.00 bits per heavy atom. The van der Waals surface area contributed by atoms with Crippen LogP contribution in [0.15, 0.2) is 47.4 Å². The predicted molar refractivity (Wildman–Crippen MR) is 95.9 cm³/mol. The average molecular weight is 419 g/mol. The molecule has 0 radical (unpaired) electrons. The van der Waals surface area contributed by atoms with Gasteiger partial charge in [0, 0.05) is 19.2 Å². The van der Waals surface area contributed by atoms with Crippen molar-refractivity contribution >= 4 is 10.0 Å². The first kappa shape index (κ1) is 21.8. The van der Waals surface area contributed by atoms with Crippen molar-refractivity contribution in [2.24, 2.45) is 0 Å². The predicted octanol–water partition coefficient (Wildman–Crippen LogP) is 3.81. The van der Waals surface area contributed by atoms with Crippen molar-refractivity contribution < 1.29 is 35.8 Å². The first-order valence-corrected chi connectivity index (χ1v) is 9.61. The highest BCUT2D eigenvalue weighted by atomic mass is 32.2. The van der Waals surface area contributed by atoms with E-state index in [1.807, 2.05) is 0 Å². The Morgan fingerprint density at radius 3 is 2.25 bits per heavy atom. The summed E-state index contributed by atoms with van der Waals surface area (Å²) in [6, 6.07) is 9.26. The van der Waals surface area contributed by atoms with Crippen molar-refractivity contribution in [3.05, 3.63) is 48.0 Å². The maximum Gasteiger partial charge on any atom is 0.573 e. The molecule has 0 atom stereocenters. The van der Waals surface area contributed by atoms with Crippen molar-refractivity contribution in [1.82, 2.24) is 4.31 Å². The molecule has 2 aromatic rings. The minimum Gasteiger partial charge on any atom is -0.493 e. The van der Waals surface area contributed by atoms with Gasteiger partial charge in [0.25, 0.3) is 0 Å². The highest BCUT2D eigenvalue weighted by molar-refractivity contribution is 7.89. The van der Waals surface area contributed by atoms with Gasteiger partial charge in [0.2, 0.25) is 10.0 Å². The van der Waals surface area contributed by atoms with Crippen molar-refractivity contribution in [2.75, 3.05) is 20.8 Å². The molecule has 2 aromatic carbocycles. The molecule has 0 N–H and O–H groups in total. The van der Waals surface area contributed by atoms with E-state index >= 15 is 0 Å². The Balaban J connectivity index is 2.31. The molecule has 6 nitrogen and oxygen atoms in total. The summed E-state index contributed by atoms with van der Waals surface area (Å²) in [6.45, 7) is 1.75. The fourth-order valence-corrected chi connectivity index (χ4v) is 4.00. The molecule has 0 saturated carbocycles. The molecule has 154 valence electrons. The summed E-state index contributed by atoms with van der Waals surface area (Å²) in [7, 11) is -1.11. The number of benzene rings is 2. The quantitative estimate of drug-likeness (QED) is 0.651. The summed E-state index contributed by atoms with van der Waals surface area (Å²) >= 11 is 0. The molecule has 0 aliphatic rings. The van der Waals surface area contributed by atoms with Gasteiger partial charge in [0.1, 0.15) is 5.75 Å². The second-order valence-electron chi connectivity index (χ2n) is 5.64. The SMILES string of the molecule is CCN(Cc1ccc(OC)c(OC)c1)S(=O)(=O)c1cccc(OC(F)(F)F)c1. The molecule has 0 amide bonds. The number of methoxy groups -OCH3 is 2. The van der Waals surface area contributed by atoms with E-state index < -0.39 is 22.1 Å². The third-order valence-corrected chi connectivity index (χ3v) is 5.75. The molecule has 0 aliphatic heterocycles. The van der Waals surface area contributed by atoms with E-state index in [0.717, 1.165) is 16.4 Å². The van der Waals surface area contributed by atoms with E-state index in [2.05, 4.69) is 4.74 Å². The van der Waals surface area contributed by atoms with Crippen LogP contribution in [-0.2, 0) is 16.6 Å². The molecular weight excluding hydrogens is 399 g/mol. The third-order valence-electron chi connectivity index (χ3n) is 3.84. The molecule has 2 rings (SSSR count). The number of alkyl halides is 3. The Hall–Kier alpha value is -2.46. The smallest absolute Gasteiger partial charge is 0.493 e. The third kappa shape index (κ3) is 5.29. The van der Waals surface area contributed by atoms with Gasteiger partial charge in [-0.2, -0.15) is 4.31 Å². The van der Waals surface area contributed by atoms with Crippen LogP contribution < -0.4 is 14.2 Å². The summed E-state index contributed by atoms with van der Waals surface area (Å²) in [5, 5.41) is 0. The van der Waals surface area contributed by atoms with Crippen molar-refractivity contribution in [2.45, 2.75) is 24.7 Å².